The molecule has 31 heavy (non-hydrogen) atoms. The number of sulfonamides is 1. The molecule has 1 aromatic heterocycles. The van der Waals surface area contributed by atoms with Crippen molar-refractivity contribution < 1.29 is 22.4 Å². The van der Waals surface area contributed by atoms with Crippen molar-refractivity contribution in [3.05, 3.63) is 59.2 Å². The summed E-state index contributed by atoms with van der Waals surface area (Å²) in [6.45, 7) is 1.67. The van der Waals surface area contributed by atoms with E-state index in [0.29, 0.717) is 24.4 Å². The maximum Gasteiger partial charge on any atom is 0.269 e. The quantitative estimate of drug-likeness (QED) is 0.651. The lowest BCUT2D eigenvalue weighted by Gasteiger charge is -2.13. The first kappa shape index (κ1) is 19.3. The van der Waals surface area contributed by atoms with Crippen LogP contribution in [0.25, 0.3) is 5.69 Å². The second kappa shape index (κ2) is 6.67. The number of nitrogens with zero attached hydrogens (tertiary/aromatic N) is 5. The number of nitrogens with one attached hydrogen (secondary N) is 1. The number of carbonyl (C=O) groups is 2. The smallest absolute Gasteiger partial charge is 0.269 e. The Labute approximate surface area is 175 Å². The molecule has 5 rings (SSSR count). The Morgan fingerprint density at radius 1 is 1.19 bits per heavy atom. The Hall–Kier alpha value is -3.67. The molecule has 0 saturated heterocycles. The molecule has 1 aliphatic carbocycles. The average Bonchev–Trinajstić information content (AvgIpc) is 3.43. The summed E-state index contributed by atoms with van der Waals surface area (Å²) >= 11 is 0. The van der Waals surface area contributed by atoms with Crippen molar-refractivity contribution in [1.82, 2.24) is 24.5 Å². The highest BCUT2D eigenvalue weighted by Gasteiger charge is 2.48. The number of hydrogen-bond acceptors (Lipinski definition) is 7. The van der Waals surface area contributed by atoms with Crippen molar-refractivity contribution >= 4 is 27.5 Å². The molecule has 2 heterocycles. The normalized spacial score (nSPS) is 17.0. The second-order valence-corrected chi connectivity index (χ2v) is 9.09. The van der Waals surface area contributed by atoms with Crippen molar-refractivity contribution in [2.24, 2.45) is 0 Å². The largest absolute Gasteiger partial charge is 0.319 e. The molecule has 0 bridgehead atoms. The van der Waals surface area contributed by atoms with Crippen LogP contribution in [-0.4, -0.2) is 50.8 Å². The van der Waals surface area contributed by atoms with Crippen LogP contribution >= 0.6 is 0 Å². The molecule has 10 nitrogen and oxygen atoms in total. The molecule has 1 N–H and O–H groups in total. The third-order valence-corrected chi connectivity index (χ3v) is 7.03. The van der Waals surface area contributed by atoms with E-state index >= 15 is 0 Å². The summed E-state index contributed by atoms with van der Waals surface area (Å²) in [5.74, 6) is -1.52. The van der Waals surface area contributed by atoms with Crippen molar-refractivity contribution in [2.75, 3.05) is 5.32 Å². The number of rotatable bonds is 4. The van der Waals surface area contributed by atoms with Crippen LogP contribution < -0.4 is 5.32 Å². The van der Waals surface area contributed by atoms with Gasteiger partial charge in [0, 0.05) is 11.6 Å². The number of benzene rings is 2. The average molecular weight is 442 g/mol. The Morgan fingerprint density at radius 3 is 2.65 bits per heavy atom. The zero-order valence-corrected chi connectivity index (χ0v) is 16.9. The van der Waals surface area contributed by atoms with Crippen molar-refractivity contribution in [1.29, 1.82) is 0 Å². The van der Waals surface area contributed by atoms with Crippen LogP contribution in [-0.2, 0) is 10.0 Å². The van der Waals surface area contributed by atoms with E-state index in [1.54, 1.807) is 6.92 Å². The maximum atomic E-state index is 14.3. The summed E-state index contributed by atoms with van der Waals surface area (Å²) in [5, 5.41) is 13.5. The second-order valence-electron chi connectivity index (χ2n) is 7.30. The van der Waals surface area contributed by atoms with Crippen LogP contribution in [0.15, 0.2) is 41.3 Å². The van der Waals surface area contributed by atoms with Gasteiger partial charge in [-0.2, -0.15) is 4.68 Å². The van der Waals surface area contributed by atoms with E-state index in [1.807, 2.05) is 0 Å². The number of anilines is 1. The minimum absolute atomic E-state index is 0.0174. The van der Waals surface area contributed by atoms with Gasteiger partial charge in [0.15, 0.2) is 5.82 Å². The number of tetrazole rings is 1. The summed E-state index contributed by atoms with van der Waals surface area (Å²) < 4.78 is 42.1. The van der Waals surface area contributed by atoms with Gasteiger partial charge >= 0.3 is 0 Å². The molecular formula is C19H15FN6O4S. The molecule has 1 aliphatic heterocycles. The highest BCUT2D eigenvalue weighted by molar-refractivity contribution is 7.90. The number of amides is 2. The predicted octanol–water partition coefficient (Wildman–Crippen LogP) is 1.67. The topological polar surface area (TPSA) is 127 Å². The molecule has 2 aromatic carbocycles. The summed E-state index contributed by atoms with van der Waals surface area (Å²) in [6, 6.07) is 7.44. The van der Waals surface area contributed by atoms with E-state index in [1.165, 1.54) is 28.9 Å². The zero-order chi connectivity index (χ0) is 21.9. The van der Waals surface area contributed by atoms with E-state index in [2.05, 4.69) is 20.8 Å². The fourth-order valence-corrected chi connectivity index (χ4v) is 5.31. The molecular weight excluding hydrogens is 427 g/mol. The number of carbonyl (C=O) groups excluding carboxylic acids is 2. The van der Waals surface area contributed by atoms with Gasteiger partial charge in [0.2, 0.25) is 0 Å². The van der Waals surface area contributed by atoms with Crippen molar-refractivity contribution in [3.8, 4) is 5.69 Å². The van der Waals surface area contributed by atoms with E-state index in [4.69, 9.17) is 0 Å². The fourth-order valence-electron chi connectivity index (χ4n) is 3.46. The summed E-state index contributed by atoms with van der Waals surface area (Å²) in [7, 11) is -4.01. The highest BCUT2D eigenvalue weighted by Crippen LogP contribution is 2.39. The molecule has 0 atom stereocenters. The molecule has 1 fully saturated rings. The first-order valence-corrected chi connectivity index (χ1v) is 10.8. The number of aromatic nitrogens is 4. The zero-order valence-electron chi connectivity index (χ0n) is 16.1. The van der Waals surface area contributed by atoms with E-state index in [0.717, 1.165) is 16.4 Å². The number of halogens is 1. The summed E-state index contributed by atoms with van der Waals surface area (Å²) in [6.07, 6.45) is 1.26. The van der Waals surface area contributed by atoms with E-state index < -0.39 is 27.7 Å². The minimum Gasteiger partial charge on any atom is -0.319 e. The molecule has 0 unspecified atom stereocenters. The molecule has 0 radical (unpaired) electrons. The van der Waals surface area contributed by atoms with Crippen LogP contribution in [0.1, 0.15) is 39.4 Å². The van der Waals surface area contributed by atoms with Gasteiger partial charge in [-0.05, 0) is 66.6 Å². The first-order valence-electron chi connectivity index (χ1n) is 9.36. The first-order chi connectivity index (χ1) is 14.8. The Balaban J connectivity index is 1.46. The van der Waals surface area contributed by atoms with E-state index in [9.17, 15) is 22.4 Å². The van der Waals surface area contributed by atoms with E-state index in [-0.39, 0.29) is 27.8 Å². The van der Waals surface area contributed by atoms with Crippen LogP contribution in [0.4, 0.5) is 10.1 Å². The van der Waals surface area contributed by atoms with Crippen LogP contribution in [0.2, 0.25) is 0 Å². The third-order valence-electron chi connectivity index (χ3n) is 5.16. The summed E-state index contributed by atoms with van der Waals surface area (Å²) in [4.78, 5) is 25.0. The molecule has 2 aliphatic rings. The van der Waals surface area contributed by atoms with Crippen molar-refractivity contribution in [2.45, 2.75) is 30.7 Å². The third kappa shape index (κ3) is 3.06. The lowest BCUT2D eigenvalue weighted by atomic mass is 10.1. The molecule has 158 valence electrons. The van der Waals surface area contributed by atoms with Gasteiger partial charge in [0.1, 0.15) is 10.7 Å². The Morgan fingerprint density at radius 2 is 1.97 bits per heavy atom. The van der Waals surface area contributed by atoms with Gasteiger partial charge in [-0.3, -0.25) is 9.59 Å². The van der Waals surface area contributed by atoms with Gasteiger partial charge in [-0.1, -0.05) is 0 Å². The van der Waals surface area contributed by atoms with Crippen LogP contribution in [0.3, 0.4) is 0 Å². The number of aryl methyl sites for hydroxylation is 1. The molecule has 3 aromatic rings. The maximum absolute atomic E-state index is 14.3. The lowest BCUT2D eigenvalue weighted by Crippen LogP contribution is -2.31. The number of fused-ring (bicyclic) bond motifs is 1. The molecule has 12 heteroatoms. The van der Waals surface area contributed by atoms with Gasteiger partial charge in [0.05, 0.1) is 16.9 Å². The lowest BCUT2D eigenvalue weighted by molar-refractivity contribution is 0.0864. The monoisotopic (exact) mass is 442 g/mol. The van der Waals surface area contributed by atoms with Crippen LogP contribution in [0, 0.1) is 12.7 Å². The standard InChI is InChI=1S/C19H15FN6O4S/c1-10-22-23-24-25(10)13-5-7-15(20)16(9-13)21-18(27)11-2-6-14-17(8-11)31(29,30)26(19(14)28)12-3-4-12/h2,5-9,12H,3-4H2,1H3,(H,21,27). The Bertz CT molecular complexity index is 1370. The van der Waals surface area contributed by atoms with Gasteiger partial charge in [-0.15, -0.1) is 5.10 Å². The number of hydrogen-bond donors (Lipinski definition) is 1. The molecule has 0 spiro atoms. The fraction of sp³-hybridized carbons (Fsp3) is 0.211. The Kier molecular flexibility index (Phi) is 4.15. The predicted molar refractivity (Wildman–Crippen MR) is 105 cm³/mol. The molecule has 2 amide bonds. The van der Waals surface area contributed by atoms with Gasteiger partial charge in [0.25, 0.3) is 21.8 Å². The summed E-state index contributed by atoms with van der Waals surface area (Å²) in [5.41, 5.74) is 0.319. The van der Waals surface area contributed by atoms with Gasteiger partial charge < -0.3 is 5.32 Å². The van der Waals surface area contributed by atoms with Gasteiger partial charge in [-0.25, -0.2) is 17.1 Å². The SMILES string of the molecule is Cc1nnnn1-c1ccc(F)c(NC(=O)c2ccc3c(c2)S(=O)(=O)N(C2CC2)C3=O)c1. The van der Waals surface area contributed by atoms with Crippen molar-refractivity contribution in [3.63, 3.8) is 0 Å². The highest BCUT2D eigenvalue weighted by atomic mass is 32.2. The van der Waals surface area contributed by atoms with Crippen LogP contribution in [0.5, 0.6) is 0 Å². The molecule has 1 saturated carbocycles. The minimum atomic E-state index is -4.01.